The molecule has 0 aliphatic rings. The maximum atomic E-state index is 10.1. The molecule has 5 heteroatoms. The molecular weight excluding hydrogens is 232 g/mol. The number of benzene rings is 1. The molecule has 1 aromatic carbocycles. The number of methoxy groups -OCH3 is 1. The van der Waals surface area contributed by atoms with Gasteiger partial charge in [-0.2, -0.15) is 5.26 Å². The van der Waals surface area contributed by atoms with E-state index < -0.39 is 12.2 Å². The molecular formula is C13H18N2O3. The molecule has 0 amide bonds. The molecule has 0 heterocycles. The second kappa shape index (κ2) is 6.97. The summed E-state index contributed by atoms with van der Waals surface area (Å²) in [6.45, 7) is 0.587. The Kier molecular flexibility index (Phi) is 5.59. The van der Waals surface area contributed by atoms with Crippen molar-refractivity contribution in [3.05, 3.63) is 29.3 Å². The van der Waals surface area contributed by atoms with Gasteiger partial charge in [-0.15, -0.1) is 0 Å². The van der Waals surface area contributed by atoms with Crippen molar-refractivity contribution in [2.45, 2.75) is 18.6 Å². The summed E-state index contributed by atoms with van der Waals surface area (Å²) in [5, 5.41) is 31.8. The van der Waals surface area contributed by atoms with Crippen LogP contribution in [0.25, 0.3) is 0 Å². The number of rotatable bonds is 6. The Labute approximate surface area is 107 Å². The number of hydrogen-bond donors (Lipinski definition) is 3. The first-order chi connectivity index (χ1) is 8.63. The highest BCUT2D eigenvalue weighted by Gasteiger charge is 2.21. The molecule has 0 bridgehead atoms. The Morgan fingerprint density at radius 1 is 1.44 bits per heavy atom. The number of nitrogens with one attached hydrogen (secondary N) is 1. The molecule has 98 valence electrons. The molecule has 2 unspecified atom stereocenters. The minimum Gasteiger partial charge on any atom is -0.497 e. The number of ether oxygens (including phenoxy) is 1. The van der Waals surface area contributed by atoms with Gasteiger partial charge >= 0.3 is 0 Å². The molecule has 0 radical (unpaired) electrons. The summed E-state index contributed by atoms with van der Waals surface area (Å²) < 4.78 is 5.05. The summed E-state index contributed by atoms with van der Waals surface area (Å²) in [5.74, 6) is 0.545. The SMILES string of the molecule is CNCCC(O)C(O)c1cc(OC)ccc1C#N. The van der Waals surface area contributed by atoms with E-state index in [2.05, 4.69) is 5.32 Å². The van der Waals surface area contributed by atoms with Crippen LogP contribution in [0, 0.1) is 11.3 Å². The van der Waals surface area contributed by atoms with Gasteiger partial charge in [-0.25, -0.2) is 0 Å². The number of aliphatic hydroxyl groups is 2. The van der Waals surface area contributed by atoms with E-state index in [0.29, 0.717) is 29.8 Å². The highest BCUT2D eigenvalue weighted by atomic mass is 16.5. The van der Waals surface area contributed by atoms with Crippen molar-refractivity contribution in [1.82, 2.24) is 5.32 Å². The van der Waals surface area contributed by atoms with Crippen LogP contribution in [-0.2, 0) is 0 Å². The van der Waals surface area contributed by atoms with Gasteiger partial charge in [-0.05, 0) is 38.2 Å². The summed E-state index contributed by atoms with van der Waals surface area (Å²) in [4.78, 5) is 0. The zero-order valence-electron chi connectivity index (χ0n) is 10.6. The van der Waals surface area contributed by atoms with Crippen LogP contribution in [0.3, 0.4) is 0 Å². The van der Waals surface area contributed by atoms with Crippen LogP contribution in [0.2, 0.25) is 0 Å². The minimum atomic E-state index is -1.09. The number of hydrogen-bond acceptors (Lipinski definition) is 5. The van der Waals surface area contributed by atoms with Crippen LogP contribution >= 0.6 is 0 Å². The quantitative estimate of drug-likeness (QED) is 0.687. The van der Waals surface area contributed by atoms with Gasteiger partial charge in [0.05, 0.1) is 24.8 Å². The third-order valence-electron chi connectivity index (χ3n) is 2.75. The lowest BCUT2D eigenvalue weighted by molar-refractivity contribution is 0.0138. The van der Waals surface area contributed by atoms with Crippen molar-refractivity contribution in [3.63, 3.8) is 0 Å². The first-order valence-electron chi connectivity index (χ1n) is 5.72. The van der Waals surface area contributed by atoms with E-state index in [0.717, 1.165) is 0 Å². The van der Waals surface area contributed by atoms with E-state index in [9.17, 15) is 10.2 Å². The predicted octanol–water partition coefficient (Wildman–Crippen LogP) is 0.571. The number of nitriles is 1. The lowest BCUT2D eigenvalue weighted by Crippen LogP contribution is -2.23. The minimum absolute atomic E-state index is 0.340. The van der Waals surface area contributed by atoms with Crippen LogP contribution in [-0.4, -0.2) is 37.0 Å². The van der Waals surface area contributed by atoms with Gasteiger partial charge in [0.15, 0.2) is 0 Å². The largest absolute Gasteiger partial charge is 0.497 e. The van der Waals surface area contributed by atoms with E-state index in [1.54, 1.807) is 25.2 Å². The Morgan fingerprint density at radius 3 is 2.72 bits per heavy atom. The van der Waals surface area contributed by atoms with Crippen LogP contribution in [0.15, 0.2) is 18.2 Å². The van der Waals surface area contributed by atoms with E-state index in [4.69, 9.17) is 10.00 Å². The highest BCUT2D eigenvalue weighted by Crippen LogP contribution is 2.26. The van der Waals surface area contributed by atoms with Crippen molar-refractivity contribution < 1.29 is 14.9 Å². The highest BCUT2D eigenvalue weighted by molar-refractivity contribution is 5.44. The van der Waals surface area contributed by atoms with Crippen molar-refractivity contribution in [2.24, 2.45) is 0 Å². The summed E-state index contributed by atoms with van der Waals surface area (Å²) in [6.07, 6.45) is -1.61. The maximum absolute atomic E-state index is 10.1. The third-order valence-corrected chi connectivity index (χ3v) is 2.75. The van der Waals surface area contributed by atoms with Crippen LogP contribution < -0.4 is 10.1 Å². The molecule has 1 rings (SSSR count). The van der Waals surface area contributed by atoms with Crippen molar-refractivity contribution in [1.29, 1.82) is 5.26 Å². The molecule has 0 aromatic heterocycles. The molecule has 2 atom stereocenters. The average molecular weight is 250 g/mol. The first-order valence-corrected chi connectivity index (χ1v) is 5.72. The molecule has 0 aliphatic carbocycles. The average Bonchev–Trinajstić information content (AvgIpc) is 2.43. The Bertz CT molecular complexity index is 429. The number of aliphatic hydroxyl groups excluding tert-OH is 2. The predicted molar refractivity (Wildman–Crippen MR) is 67.2 cm³/mol. The molecule has 0 fully saturated rings. The molecule has 5 nitrogen and oxygen atoms in total. The fourth-order valence-corrected chi connectivity index (χ4v) is 1.67. The summed E-state index contributed by atoms with van der Waals surface area (Å²) in [7, 11) is 3.28. The molecule has 0 aliphatic heterocycles. The van der Waals surface area contributed by atoms with Gasteiger partial charge in [0, 0.05) is 5.56 Å². The second-order valence-electron chi connectivity index (χ2n) is 3.97. The van der Waals surface area contributed by atoms with Crippen LogP contribution in [0.4, 0.5) is 0 Å². The van der Waals surface area contributed by atoms with Crippen molar-refractivity contribution >= 4 is 0 Å². The fourth-order valence-electron chi connectivity index (χ4n) is 1.67. The van der Waals surface area contributed by atoms with Crippen LogP contribution in [0.1, 0.15) is 23.7 Å². The zero-order valence-corrected chi connectivity index (χ0v) is 10.6. The van der Waals surface area contributed by atoms with Gasteiger partial charge in [0.25, 0.3) is 0 Å². The molecule has 18 heavy (non-hydrogen) atoms. The second-order valence-corrected chi connectivity index (χ2v) is 3.97. The number of nitrogens with zero attached hydrogens (tertiary/aromatic N) is 1. The molecule has 1 aromatic rings. The van der Waals surface area contributed by atoms with Gasteiger partial charge in [-0.1, -0.05) is 0 Å². The Balaban J connectivity index is 2.95. The van der Waals surface area contributed by atoms with E-state index in [-0.39, 0.29) is 0 Å². The Morgan fingerprint density at radius 2 is 2.17 bits per heavy atom. The van der Waals surface area contributed by atoms with Crippen molar-refractivity contribution in [3.8, 4) is 11.8 Å². The van der Waals surface area contributed by atoms with Gasteiger partial charge in [-0.3, -0.25) is 0 Å². The van der Waals surface area contributed by atoms with Gasteiger partial charge in [0.1, 0.15) is 11.9 Å². The smallest absolute Gasteiger partial charge is 0.119 e. The normalized spacial score (nSPS) is 13.7. The monoisotopic (exact) mass is 250 g/mol. The standard InChI is InChI=1S/C13H18N2O3/c1-15-6-5-12(16)13(17)11-7-10(18-2)4-3-9(11)8-14/h3-4,7,12-13,15-17H,5-6H2,1-2H3. The topological polar surface area (TPSA) is 85.5 Å². The lowest BCUT2D eigenvalue weighted by Gasteiger charge is -2.19. The van der Waals surface area contributed by atoms with Gasteiger partial charge in [0.2, 0.25) is 0 Å². The first kappa shape index (κ1) is 14.5. The van der Waals surface area contributed by atoms with Crippen molar-refractivity contribution in [2.75, 3.05) is 20.7 Å². The molecule has 0 saturated carbocycles. The molecule has 0 saturated heterocycles. The zero-order chi connectivity index (χ0) is 13.5. The summed E-state index contributed by atoms with van der Waals surface area (Å²) in [6, 6.07) is 6.79. The Hall–Kier alpha value is -1.61. The summed E-state index contributed by atoms with van der Waals surface area (Å²) in [5.41, 5.74) is 0.729. The van der Waals surface area contributed by atoms with E-state index >= 15 is 0 Å². The summed E-state index contributed by atoms with van der Waals surface area (Å²) >= 11 is 0. The van der Waals surface area contributed by atoms with Crippen LogP contribution in [0.5, 0.6) is 5.75 Å². The third kappa shape index (κ3) is 3.44. The fraction of sp³-hybridized carbons (Fsp3) is 0.462. The van der Waals surface area contributed by atoms with E-state index in [1.165, 1.54) is 7.11 Å². The van der Waals surface area contributed by atoms with Gasteiger partial charge < -0.3 is 20.3 Å². The molecule has 0 spiro atoms. The maximum Gasteiger partial charge on any atom is 0.119 e. The molecule has 3 N–H and O–H groups in total. The lowest BCUT2D eigenvalue weighted by atomic mass is 9.97. The van der Waals surface area contributed by atoms with E-state index in [1.807, 2.05) is 6.07 Å².